The van der Waals surface area contributed by atoms with E-state index < -0.39 is 0 Å². The monoisotopic (exact) mass is 404 g/mol. The molecule has 1 saturated carbocycles. The van der Waals surface area contributed by atoms with Crippen molar-refractivity contribution < 1.29 is 18.8 Å². The number of carbonyl (C=O) groups is 1. The van der Waals surface area contributed by atoms with Gasteiger partial charge in [0.05, 0.1) is 0 Å². The number of hydrogen-bond donors (Lipinski definition) is 1. The molecule has 8 nitrogen and oxygen atoms in total. The van der Waals surface area contributed by atoms with Crippen molar-refractivity contribution in [2.45, 2.75) is 31.2 Å². The standard InChI is InChI=1S/C22H20N4O4/c27-22(23-15-7-8-18-19(12-15)29-10-9-28-18)26-16-4-2-1-3-14(16)11-17(26)21-24-20(25-30-21)13-5-6-13/h1-4,7-8,12-13,17H,5-6,9-11H2,(H,23,27). The van der Waals surface area contributed by atoms with Gasteiger partial charge < -0.3 is 19.3 Å². The van der Waals surface area contributed by atoms with Crippen LogP contribution in [0.1, 0.15) is 42.1 Å². The molecule has 3 heterocycles. The van der Waals surface area contributed by atoms with Gasteiger partial charge in [-0.15, -0.1) is 0 Å². The number of fused-ring (bicyclic) bond motifs is 2. The minimum absolute atomic E-state index is 0.257. The van der Waals surface area contributed by atoms with E-state index in [0.29, 0.717) is 48.6 Å². The lowest BCUT2D eigenvalue weighted by atomic mass is 10.1. The molecular weight excluding hydrogens is 384 g/mol. The molecule has 1 N–H and O–H groups in total. The molecule has 0 bridgehead atoms. The highest BCUT2D eigenvalue weighted by molar-refractivity contribution is 6.03. The van der Waals surface area contributed by atoms with Gasteiger partial charge in [0, 0.05) is 29.8 Å². The molecule has 6 rings (SSSR count). The number of nitrogens with zero attached hydrogens (tertiary/aromatic N) is 3. The number of nitrogens with one attached hydrogen (secondary N) is 1. The molecule has 1 fully saturated rings. The van der Waals surface area contributed by atoms with Crippen LogP contribution in [0, 0.1) is 0 Å². The smallest absolute Gasteiger partial charge is 0.327 e. The second kappa shape index (κ2) is 6.76. The van der Waals surface area contributed by atoms with Crippen LogP contribution in [0.4, 0.5) is 16.2 Å². The van der Waals surface area contributed by atoms with Crippen molar-refractivity contribution in [3.63, 3.8) is 0 Å². The van der Waals surface area contributed by atoms with Crippen LogP contribution in [0.3, 0.4) is 0 Å². The minimum Gasteiger partial charge on any atom is -0.486 e. The van der Waals surface area contributed by atoms with Crippen molar-refractivity contribution in [2.24, 2.45) is 0 Å². The summed E-state index contributed by atoms with van der Waals surface area (Å²) in [5, 5.41) is 7.11. The number of anilines is 2. The molecule has 2 amide bonds. The molecule has 0 radical (unpaired) electrons. The fraction of sp³-hybridized carbons (Fsp3) is 0.318. The Hall–Kier alpha value is -3.55. The van der Waals surface area contributed by atoms with E-state index in [2.05, 4.69) is 15.5 Å². The van der Waals surface area contributed by atoms with E-state index in [1.165, 1.54) is 0 Å². The van der Waals surface area contributed by atoms with Crippen LogP contribution >= 0.6 is 0 Å². The Bertz CT molecular complexity index is 1120. The molecular formula is C22H20N4O4. The predicted molar refractivity (Wildman–Crippen MR) is 108 cm³/mol. The molecule has 0 spiro atoms. The van der Waals surface area contributed by atoms with Gasteiger partial charge in [0.2, 0.25) is 5.89 Å². The van der Waals surface area contributed by atoms with E-state index in [0.717, 1.165) is 29.9 Å². The average Bonchev–Trinajstić information content (AvgIpc) is 3.37. The third-order valence-electron chi connectivity index (χ3n) is 5.67. The van der Waals surface area contributed by atoms with Crippen LogP contribution in [0.5, 0.6) is 11.5 Å². The van der Waals surface area contributed by atoms with E-state index in [-0.39, 0.29) is 12.1 Å². The Balaban J connectivity index is 1.30. The zero-order valence-corrected chi connectivity index (χ0v) is 16.2. The Morgan fingerprint density at radius 3 is 2.77 bits per heavy atom. The van der Waals surface area contributed by atoms with Crippen molar-refractivity contribution in [3.05, 3.63) is 59.7 Å². The SMILES string of the molecule is O=C(Nc1ccc2c(c1)OCCO2)N1c2ccccc2CC1c1nc(C2CC2)no1. The van der Waals surface area contributed by atoms with Gasteiger partial charge in [0.15, 0.2) is 17.3 Å². The summed E-state index contributed by atoms with van der Waals surface area (Å²) < 4.78 is 16.7. The average molecular weight is 404 g/mol. The Kier molecular flexibility index (Phi) is 3.90. The molecule has 1 atom stereocenters. The largest absolute Gasteiger partial charge is 0.486 e. The van der Waals surface area contributed by atoms with Crippen LogP contribution in [-0.2, 0) is 6.42 Å². The van der Waals surface area contributed by atoms with Crippen molar-refractivity contribution >= 4 is 17.4 Å². The topological polar surface area (TPSA) is 89.7 Å². The van der Waals surface area contributed by atoms with Crippen molar-refractivity contribution in [3.8, 4) is 11.5 Å². The maximum Gasteiger partial charge on any atom is 0.327 e. The van der Waals surface area contributed by atoms with Gasteiger partial charge in [-0.3, -0.25) is 4.90 Å². The summed E-state index contributed by atoms with van der Waals surface area (Å²) in [5.74, 6) is 2.93. The maximum atomic E-state index is 13.3. The molecule has 0 saturated heterocycles. The molecule has 30 heavy (non-hydrogen) atoms. The molecule has 1 aromatic heterocycles. The molecule has 1 aliphatic carbocycles. The number of hydrogen-bond acceptors (Lipinski definition) is 6. The molecule has 3 aromatic rings. The summed E-state index contributed by atoms with van der Waals surface area (Å²) in [5.41, 5.74) is 2.56. The zero-order chi connectivity index (χ0) is 20.1. The first-order valence-electron chi connectivity index (χ1n) is 10.2. The van der Waals surface area contributed by atoms with Gasteiger partial charge in [-0.05, 0) is 36.6 Å². The van der Waals surface area contributed by atoms with Gasteiger partial charge in [-0.1, -0.05) is 23.4 Å². The van der Waals surface area contributed by atoms with E-state index in [1.807, 2.05) is 24.3 Å². The number of urea groups is 1. The molecule has 2 aliphatic heterocycles. The zero-order valence-electron chi connectivity index (χ0n) is 16.2. The third kappa shape index (κ3) is 2.96. The summed E-state index contributed by atoms with van der Waals surface area (Å²) in [6.07, 6.45) is 2.83. The number of ether oxygens (including phenoxy) is 2. The normalized spacial score (nSPS) is 19.5. The van der Waals surface area contributed by atoms with Gasteiger partial charge >= 0.3 is 6.03 Å². The summed E-state index contributed by atoms with van der Waals surface area (Å²) in [6.45, 7) is 1.02. The first-order chi connectivity index (χ1) is 14.8. The second-order valence-corrected chi connectivity index (χ2v) is 7.77. The molecule has 8 heteroatoms. The highest BCUT2D eigenvalue weighted by Crippen LogP contribution is 2.43. The Morgan fingerprint density at radius 1 is 1.07 bits per heavy atom. The summed E-state index contributed by atoms with van der Waals surface area (Å²) >= 11 is 0. The lowest BCUT2D eigenvalue weighted by Gasteiger charge is -2.24. The second-order valence-electron chi connectivity index (χ2n) is 7.77. The number of para-hydroxylation sites is 1. The van der Waals surface area contributed by atoms with Crippen molar-refractivity contribution in [1.29, 1.82) is 0 Å². The quantitative estimate of drug-likeness (QED) is 0.708. The number of aromatic nitrogens is 2. The molecule has 1 unspecified atom stereocenters. The summed E-state index contributed by atoms with van der Waals surface area (Å²) in [7, 11) is 0. The Labute approximate surface area is 172 Å². The fourth-order valence-corrected chi connectivity index (χ4v) is 4.03. The van der Waals surface area contributed by atoms with Gasteiger partial charge in [-0.2, -0.15) is 4.98 Å². The number of benzene rings is 2. The number of rotatable bonds is 3. The molecule has 2 aromatic carbocycles. The third-order valence-corrected chi connectivity index (χ3v) is 5.67. The number of carbonyl (C=O) groups excluding carboxylic acids is 1. The first kappa shape index (κ1) is 17.3. The van der Waals surface area contributed by atoms with E-state index in [1.54, 1.807) is 23.1 Å². The van der Waals surface area contributed by atoms with Gasteiger partial charge in [-0.25, -0.2) is 4.79 Å². The van der Waals surface area contributed by atoms with Crippen LogP contribution < -0.4 is 19.7 Å². The fourth-order valence-electron chi connectivity index (χ4n) is 4.03. The first-order valence-corrected chi connectivity index (χ1v) is 10.2. The van der Waals surface area contributed by atoms with Crippen LogP contribution in [0.2, 0.25) is 0 Å². The molecule has 152 valence electrons. The van der Waals surface area contributed by atoms with E-state index in [4.69, 9.17) is 14.0 Å². The van der Waals surface area contributed by atoms with Crippen molar-refractivity contribution in [2.75, 3.05) is 23.4 Å². The maximum absolute atomic E-state index is 13.3. The Morgan fingerprint density at radius 2 is 1.90 bits per heavy atom. The minimum atomic E-state index is -0.334. The van der Waals surface area contributed by atoms with E-state index in [9.17, 15) is 4.79 Å². The summed E-state index contributed by atoms with van der Waals surface area (Å²) in [4.78, 5) is 19.6. The lowest BCUT2D eigenvalue weighted by molar-refractivity contribution is 0.171. The van der Waals surface area contributed by atoms with Crippen molar-refractivity contribution in [1.82, 2.24) is 10.1 Å². The number of amides is 2. The van der Waals surface area contributed by atoms with E-state index >= 15 is 0 Å². The van der Waals surface area contributed by atoms with Crippen LogP contribution in [0.15, 0.2) is 47.0 Å². The summed E-state index contributed by atoms with van der Waals surface area (Å²) in [6, 6.07) is 12.7. The van der Waals surface area contributed by atoms with Crippen LogP contribution in [0.25, 0.3) is 0 Å². The molecule has 3 aliphatic rings. The van der Waals surface area contributed by atoms with Gasteiger partial charge in [0.25, 0.3) is 0 Å². The highest BCUT2D eigenvalue weighted by Gasteiger charge is 2.39. The van der Waals surface area contributed by atoms with Gasteiger partial charge in [0.1, 0.15) is 19.3 Å². The van der Waals surface area contributed by atoms with Crippen LogP contribution in [-0.4, -0.2) is 29.4 Å². The highest BCUT2D eigenvalue weighted by atomic mass is 16.6. The lowest BCUT2D eigenvalue weighted by Crippen LogP contribution is -2.36. The predicted octanol–water partition coefficient (Wildman–Crippen LogP) is 4.05.